The fourth-order valence-corrected chi connectivity index (χ4v) is 4.16. The normalized spacial score (nSPS) is 11.6. The Kier molecular flexibility index (Phi) is 5.30. The fourth-order valence-electron chi connectivity index (χ4n) is 3.18. The van der Waals surface area contributed by atoms with Crippen molar-refractivity contribution in [2.75, 3.05) is 5.32 Å². The number of aromatic nitrogens is 4. The maximum absolute atomic E-state index is 12.8. The van der Waals surface area contributed by atoms with Crippen LogP contribution in [0.2, 0.25) is 0 Å². The van der Waals surface area contributed by atoms with Crippen LogP contribution >= 0.6 is 11.8 Å². The zero-order chi connectivity index (χ0) is 21.3. The Morgan fingerprint density at radius 1 is 1.03 bits per heavy atom. The quantitative estimate of drug-likeness (QED) is 0.458. The molecule has 0 radical (unpaired) electrons. The van der Waals surface area contributed by atoms with E-state index in [2.05, 4.69) is 41.4 Å². The molecule has 1 amide bonds. The van der Waals surface area contributed by atoms with E-state index in [9.17, 15) is 4.79 Å². The van der Waals surface area contributed by atoms with E-state index in [1.54, 1.807) is 22.6 Å². The third-order valence-corrected chi connectivity index (χ3v) is 5.61. The van der Waals surface area contributed by atoms with Crippen LogP contribution < -0.4 is 5.32 Å². The number of nitrogens with zero attached hydrogens (tertiary/aromatic N) is 4. The molecule has 30 heavy (non-hydrogen) atoms. The van der Waals surface area contributed by atoms with Crippen LogP contribution in [0.5, 0.6) is 0 Å². The highest BCUT2D eigenvalue weighted by molar-refractivity contribution is 8.00. The molecule has 0 saturated carbocycles. The molecule has 2 aromatic carbocycles. The average Bonchev–Trinajstić information content (AvgIpc) is 3.09. The minimum Gasteiger partial charge on any atom is -0.321 e. The topological polar surface area (TPSA) is 72.7 Å². The number of rotatable bonds is 4. The molecular formula is C23H23N5OS. The van der Waals surface area contributed by atoms with Crippen molar-refractivity contribution in [1.82, 2.24) is 20.0 Å². The largest absolute Gasteiger partial charge is 0.321 e. The summed E-state index contributed by atoms with van der Waals surface area (Å²) in [5.74, 6) is -0.289. The van der Waals surface area contributed by atoms with Crippen LogP contribution in [-0.4, -0.2) is 30.6 Å². The Labute approximate surface area is 179 Å². The summed E-state index contributed by atoms with van der Waals surface area (Å²) >= 11 is 1.78. The van der Waals surface area contributed by atoms with E-state index in [4.69, 9.17) is 0 Å². The maximum atomic E-state index is 12.8. The lowest BCUT2D eigenvalue weighted by Crippen LogP contribution is -2.14. The third kappa shape index (κ3) is 4.21. The van der Waals surface area contributed by atoms with Crippen molar-refractivity contribution in [3.8, 4) is 5.69 Å². The number of thioether (sulfide) groups is 1. The van der Waals surface area contributed by atoms with Gasteiger partial charge in [0, 0.05) is 26.9 Å². The number of para-hydroxylation sites is 1. The van der Waals surface area contributed by atoms with Crippen molar-refractivity contribution in [2.45, 2.75) is 37.3 Å². The molecular weight excluding hydrogens is 394 g/mol. The van der Waals surface area contributed by atoms with Crippen LogP contribution in [0.1, 0.15) is 37.0 Å². The number of fused-ring (bicyclic) bond motifs is 1. The second-order valence-electron chi connectivity index (χ2n) is 7.98. The summed E-state index contributed by atoms with van der Waals surface area (Å²) in [5.41, 5.74) is 3.27. The van der Waals surface area contributed by atoms with Gasteiger partial charge in [0.1, 0.15) is 0 Å². The monoisotopic (exact) mass is 417 g/mol. The highest BCUT2D eigenvalue weighted by atomic mass is 32.2. The lowest BCUT2D eigenvalue weighted by atomic mass is 10.2. The van der Waals surface area contributed by atoms with Crippen molar-refractivity contribution < 1.29 is 4.79 Å². The molecule has 0 aliphatic heterocycles. The minimum atomic E-state index is -0.289. The number of anilines is 1. The first kappa shape index (κ1) is 20.1. The number of carbonyl (C=O) groups is 1. The first-order valence-electron chi connectivity index (χ1n) is 9.69. The number of carbonyl (C=O) groups excluding carboxylic acids is 1. The van der Waals surface area contributed by atoms with Crippen LogP contribution in [0.25, 0.3) is 16.6 Å². The van der Waals surface area contributed by atoms with Crippen molar-refractivity contribution >= 4 is 34.3 Å². The number of hydrogen-bond acceptors (Lipinski definition) is 5. The van der Waals surface area contributed by atoms with Crippen molar-refractivity contribution in [3.63, 3.8) is 0 Å². The number of pyridine rings is 1. The lowest BCUT2D eigenvalue weighted by molar-refractivity contribution is 0.102. The molecule has 0 saturated heterocycles. The Hall–Kier alpha value is -3.19. The first-order valence-corrected chi connectivity index (χ1v) is 10.5. The summed E-state index contributed by atoms with van der Waals surface area (Å²) in [6, 6.07) is 17.6. The smallest absolute Gasteiger partial charge is 0.278 e. The molecule has 0 aliphatic rings. The van der Waals surface area contributed by atoms with Gasteiger partial charge >= 0.3 is 0 Å². The van der Waals surface area contributed by atoms with Crippen LogP contribution in [-0.2, 0) is 0 Å². The van der Waals surface area contributed by atoms with E-state index < -0.39 is 0 Å². The molecule has 0 bridgehead atoms. The summed E-state index contributed by atoms with van der Waals surface area (Å²) < 4.78 is 1.80. The third-order valence-electron chi connectivity index (χ3n) is 4.49. The minimum absolute atomic E-state index is 0.136. The molecule has 6 nitrogen and oxygen atoms in total. The molecule has 152 valence electrons. The van der Waals surface area contributed by atoms with Crippen LogP contribution in [0.3, 0.4) is 0 Å². The SMILES string of the molecule is Cc1c(C(=O)Nc2ccc(SC(C)(C)C)cc2)nnn1-c1cccc2cccnc12. The molecule has 4 aromatic rings. The first-order chi connectivity index (χ1) is 14.3. The second kappa shape index (κ2) is 7.91. The van der Waals surface area contributed by atoms with Gasteiger partial charge in [-0.3, -0.25) is 9.78 Å². The van der Waals surface area contributed by atoms with Crippen molar-refractivity contribution in [3.05, 3.63) is 72.2 Å². The fraction of sp³-hybridized carbons (Fsp3) is 0.217. The van der Waals surface area contributed by atoms with Gasteiger partial charge in [-0.2, -0.15) is 0 Å². The van der Waals surface area contributed by atoms with Gasteiger partial charge in [0.15, 0.2) is 5.69 Å². The molecule has 0 unspecified atom stereocenters. The average molecular weight is 418 g/mol. The van der Waals surface area contributed by atoms with Crippen LogP contribution in [0, 0.1) is 6.92 Å². The molecule has 0 spiro atoms. The van der Waals surface area contributed by atoms with E-state index in [-0.39, 0.29) is 16.3 Å². The van der Waals surface area contributed by atoms with Crippen LogP contribution in [0.4, 0.5) is 5.69 Å². The molecule has 2 aromatic heterocycles. The van der Waals surface area contributed by atoms with Gasteiger partial charge in [-0.25, -0.2) is 4.68 Å². The standard InChI is InChI=1S/C23H23N5OS/c1-15-20(22(29)25-17-10-12-18(13-11-17)30-23(2,3)4)26-27-28(15)19-9-5-7-16-8-6-14-24-21(16)19/h5-14H,1-4H3,(H,25,29). The number of amides is 1. The van der Waals surface area contributed by atoms with Crippen molar-refractivity contribution in [1.29, 1.82) is 0 Å². The predicted octanol–water partition coefficient (Wildman–Crippen LogP) is 5.27. The molecule has 0 atom stereocenters. The second-order valence-corrected chi connectivity index (χ2v) is 9.88. The van der Waals surface area contributed by atoms with Gasteiger partial charge in [0.2, 0.25) is 0 Å². The van der Waals surface area contributed by atoms with Gasteiger partial charge < -0.3 is 5.32 Å². The molecule has 4 rings (SSSR count). The van der Waals surface area contributed by atoms with Crippen LogP contribution in [0.15, 0.2) is 65.7 Å². The van der Waals surface area contributed by atoms with Crippen molar-refractivity contribution in [2.24, 2.45) is 0 Å². The highest BCUT2D eigenvalue weighted by Gasteiger charge is 2.19. The zero-order valence-electron chi connectivity index (χ0n) is 17.4. The predicted molar refractivity (Wildman–Crippen MR) is 121 cm³/mol. The Morgan fingerprint density at radius 2 is 1.77 bits per heavy atom. The Balaban J connectivity index is 1.57. The molecule has 0 fully saturated rings. The summed E-state index contributed by atoms with van der Waals surface area (Å²) in [4.78, 5) is 18.4. The maximum Gasteiger partial charge on any atom is 0.278 e. The number of benzene rings is 2. The van der Waals surface area contributed by atoms with Gasteiger partial charge in [-0.1, -0.05) is 44.2 Å². The Morgan fingerprint density at radius 3 is 2.50 bits per heavy atom. The van der Waals surface area contributed by atoms with E-state index >= 15 is 0 Å². The summed E-state index contributed by atoms with van der Waals surface area (Å²) in [6.45, 7) is 8.35. The van der Waals surface area contributed by atoms with E-state index in [1.165, 1.54) is 0 Å². The molecule has 7 heteroatoms. The van der Waals surface area contributed by atoms with Gasteiger partial charge in [-0.05, 0) is 43.3 Å². The summed E-state index contributed by atoms with van der Waals surface area (Å²) in [5, 5.41) is 12.3. The molecule has 1 N–H and O–H groups in total. The highest BCUT2D eigenvalue weighted by Crippen LogP contribution is 2.32. The molecule has 0 aliphatic carbocycles. The Bertz CT molecular complexity index is 1200. The lowest BCUT2D eigenvalue weighted by Gasteiger charge is -2.17. The summed E-state index contributed by atoms with van der Waals surface area (Å²) in [7, 11) is 0. The van der Waals surface area contributed by atoms with Gasteiger partial charge in [0.05, 0.1) is 16.9 Å². The van der Waals surface area contributed by atoms with E-state index in [1.807, 2.05) is 61.5 Å². The summed E-state index contributed by atoms with van der Waals surface area (Å²) in [6.07, 6.45) is 1.74. The number of nitrogens with one attached hydrogen (secondary N) is 1. The van der Waals surface area contributed by atoms with Gasteiger partial charge in [0.25, 0.3) is 5.91 Å². The zero-order valence-corrected chi connectivity index (χ0v) is 18.2. The van der Waals surface area contributed by atoms with E-state index in [0.29, 0.717) is 5.69 Å². The van der Waals surface area contributed by atoms with E-state index in [0.717, 1.165) is 27.2 Å². The number of hydrogen-bond donors (Lipinski definition) is 1. The van der Waals surface area contributed by atoms with Gasteiger partial charge in [-0.15, -0.1) is 16.9 Å². The molecule has 2 heterocycles.